The molecule has 2 aliphatic rings. The molecule has 0 spiro atoms. The molecule has 1 heterocycles. The van der Waals surface area contributed by atoms with Crippen LogP contribution in [0.2, 0.25) is 0 Å². The zero-order valence-corrected chi connectivity index (χ0v) is 20.0. The van der Waals surface area contributed by atoms with E-state index in [4.69, 9.17) is 11.1 Å². The number of guanidine groups is 1. The van der Waals surface area contributed by atoms with E-state index in [9.17, 15) is 26.4 Å². The summed E-state index contributed by atoms with van der Waals surface area (Å²) in [7, 11) is -3.94. The molecule has 188 valence electrons. The quantitative estimate of drug-likeness (QED) is 0.397. The van der Waals surface area contributed by atoms with Crippen LogP contribution in [-0.4, -0.2) is 61.6 Å². The van der Waals surface area contributed by atoms with Crippen LogP contribution >= 0.6 is 0 Å². The molecule has 1 amide bonds. The summed E-state index contributed by atoms with van der Waals surface area (Å²) in [4.78, 5) is 13.9. The lowest BCUT2D eigenvalue weighted by molar-refractivity contribution is -0.336. The molecule has 1 aliphatic carbocycles. The minimum atomic E-state index is -4.85. The molecular formula is C21H33F3N4O4S. The van der Waals surface area contributed by atoms with Gasteiger partial charge >= 0.3 is 6.36 Å². The van der Waals surface area contributed by atoms with Gasteiger partial charge in [0.15, 0.2) is 5.96 Å². The van der Waals surface area contributed by atoms with Crippen molar-refractivity contribution >= 4 is 21.9 Å². The number of piperidine rings is 1. The van der Waals surface area contributed by atoms with Crippen molar-refractivity contribution in [2.24, 2.45) is 23.5 Å². The molecular weight excluding hydrogens is 461 g/mol. The maximum absolute atomic E-state index is 13.0. The third-order valence-corrected chi connectivity index (χ3v) is 7.79. The largest absolute Gasteiger partial charge is 0.523 e. The number of hydrogen-bond donors (Lipinski definition) is 2. The molecule has 1 saturated heterocycles. The zero-order valence-electron chi connectivity index (χ0n) is 19.1. The summed E-state index contributed by atoms with van der Waals surface area (Å²) in [5.41, 5.74) is 5.65. The van der Waals surface area contributed by atoms with Crippen LogP contribution in [0.4, 0.5) is 13.2 Å². The number of sulfonamides is 1. The Morgan fingerprint density at radius 2 is 1.91 bits per heavy atom. The van der Waals surface area contributed by atoms with Crippen LogP contribution in [-0.2, 0) is 19.6 Å². The summed E-state index contributed by atoms with van der Waals surface area (Å²) in [5, 5.41) is 7.80. The molecule has 12 heteroatoms. The molecule has 1 fully saturated rings. The highest BCUT2D eigenvalue weighted by Gasteiger charge is 2.37. The molecule has 0 aromatic carbocycles. The van der Waals surface area contributed by atoms with Gasteiger partial charge in [-0.3, -0.25) is 19.8 Å². The molecule has 1 aliphatic heterocycles. The van der Waals surface area contributed by atoms with Gasteiger partial charge in [0.2, 0.25) is 15.9 Å². The van der Waals surface area contributed by atoms with E-state index in [-0.39, 0.29) is 48.2 Å². The van der Waals surface area contributed by atoms with Crippen LogP contribution in [0, 0.1) is 23.2 Å². The molecule has 2 rings (SSSR count). The van der Waals surface area contributed by atoms with Crippen molar-refractivity contribution in [3.63, 3.8) is 0 Å². The lowest BCUT2D eigenvalue weighted by Gasteiger charge is -2.35. The summed E-state index contributed by atoms with van der Waals surface area (Å²) >= 11 is 0. The minimum absolute atomic E-state index is 0.0444. The first-order chi connectivity index (χ1) is 15.2. The first kappa shape index (κ1) is 27.3. The van der Waals surface area contributed by atoms with E-state index >= 15 is 0 Å². The predicted octanol–water partition coefficient (Wildman–Crippen LogP) is 3.18. The van der Waals surface area contributed by atoms with Crippen LogP contribution in [0.5, 0.6) is 0 Å². The molecule has 33 heavy (non-hydrogen) atoms. The predicted molar refractivity (Wildman–Crippen MR) is 118 cm³/mol. The highest BCUT2D eigenvalue weighted by Crippen LogP contribution is 2.31. The normalized spacial score (nSPS) is 21.7. The molecule has 0 aromatic rings. The third kappa shape index (κ3) is 7.82. The van der Waals surface area contributed by atoms with Gasteiger partial charge in [0, 0.05) is 32.0 Å². The number of hydrogen-bond acceptors (Lipinski definition) is 5. The number of nitrogens with two attached hydrogens (primary N) is 1. The van der Waals surface area contributed by atoms with Crippen LogP contribution < -0.4 is 5.73 Å². The second-order valence-corrected chi connectivity index (χ2v) is 11.0. The van der Waals surface area contributed by atoms with Crippen molar-refractivity contribution < 1.29 is 31.1 Å². The Hall–Kier alpha value is -1.92. The SMILES string of the molecule is CC(C)CC(C)C(=O)N(CC1CCN(S(=O)(=O)C2=CC=CC(OC(F)(F)F)C2)CC1)C(=N)N. The van der Waals surface area contributed by atoms with E-state index in [1.165, 1.54) is 27.4 Å². The zero-order chi connectivity index (χ0) is 25.0. The standard InChI is InChI=1S/C21H33F3N4O4S/c1-14(2)11-15(3)19(29)28(20(25)26)13-16-7-9-27(10-8-16)33(30,31)18-6-4-5-17(12-18)32-21(22,23)24/h4-6,14-17H,7-13H2,1-3H3,(H3,25,26). The Morgan fingerprint density at radius 3 is 2.42 bits per heavy atom. The van der Waals surface area contributed by atoms with E-state index in [1.807, 2.05) is 13.8 Å². The summed E-state index contributed by atoms with van der Waals surface area (Å²) in [6, 6.07) is 0. The maximum Gasteiger partial charge on any atom is 0.523 e. The third-order valence-electron chi connectivity index (χ3n) is 5.78. The Balaban J connectivity index is 1.97. The molecule has 0 saturated carbocycles. The van der Waals surface area contributed by atoms with Crippen LogP contribution in [0.1, 0.15) is 46.5 Å². The van der Waals surface area contributed by atoms with Crippen LogP contribution in [0.15, 0.2) is 23.1 Å². The van der Waals surface area contributed by atoms with Crippen molar-refractivity contribution in [3.8, 4) is 0 Å². The highest BCUT2D eigenvalue weighted by atomic mass is 32.2. The fourth-order valence-corrected chi connectivity index (χ4v) is 5.85. The smallest absolute Gasteiger partial charge is 0.370 e. The van der Waals surface area contributed by atoms with Gasteiger partial charge in [-0.1, -0.05) is 32.9 Å². The van der Waals surface area contributed by atoms with Gasteiger partial charge in [-0.05, 0) is 37.2 Å². The molecule has 0 aromatic heterocycles. The summed E-state index contributed by atoms with van der Waals surface area (Å²) in [6.07, 6.45) is -1.35. The van der Waals surface area contributed by atoms with E-state index in [1.54, 1.807) is 6.92 Å². The van der Waals surface area contributed by atoms with E-state index in [0.29, 0.717) is 25.2 Å². The number of nitrogens with zero attached hydrogens (tertiary/aromatic N) is 2. The Labute approximate surface area is 193 Å². The fourth-order valence-electron chi connectivity index (χ4n) is 4.20. The number of rotatable bonds is 8. The van der Waals surface area contributed by atoms with Crippen molar-refractivity contribution in [2.75, 3.05) is 19.6 Å². The fraction of sp³-hybridized carbons (Fsp3) is 0.714. The van der Waals surface area contributed by atoms with Crippen molar-refractivity contribution in [1.29, 1.82) is 5.41 Å². The first-order valence-corrected chi connectivity index (χ1v) is 12.4. The van der Waals surface area contributed by atoms with Crippen LogP contribution in [0.25, 0.3) is 0 Å². The van der Waals surface area contributed by atoms with E-state index in [0.717, 1.165) is 0 Å². The van der Waals surface area contributed by atoms with Gasteiger partial charge in [0.1, 0.15) is 0 Å². The molecule has 0 radical (unpaired) electrons. The van der Waals surface area contributed by atoms with Crippen molar-refractivity contribution in [3.05, 3.63) is 23.1 Å². The minimum Gasteiger partial charge on any atom is -0.370 e. The van der Waals surface area contributed by atoms with Gasteiger partial charge in [-0.2, -0.15) is 4.31 Å². The summed E-state index contributed by atoms with van der Waals surface area (Å²) < 4.78 is 68.6. The average molecular weight is 495 g/mol. The maximum atomic E-state index is 13.0. The van der Waals surface area contributed by atoms with E-state index < -0.39 is 28.9 Å². The van der Waals surface area contributed by atoms with E-state index in [2.05, 4.69) is 4.74 Å². The van der Waals surface area contributed by atoms with Gasteiger partial charge in [0.25, 0.3) is 0 Å². The van der Waals surface area contributed by atoms with Gasteiger partial charge in [-0.15, -0.1) is 13.2 Å². The van der Waals surface area contributed by atoms with Crippen molar-refractivity contribution in [2.45, 2.75) is 58.9 Å². The monoisotopic (exact) mass is 494 g/mol. The number of ether oxygens (including phenoxy) is 1. The van der Waals surface area contributed by atoms with Gasteiger partial charge in [0.05, 0.1) is 11.0 Å². The Bertz CT molecular complexity index is 878. The lowest BCUT2D eigenvalue weighted by atomic mass is 9.95. The number of amides is 1. The number of carbonyl (C=O) groups is 1. The number of nitrogens with one attached hydrogen (secondary N) is 1. The number of carbonyl (C=O) groups excluding carboxylic acids is 1. The summed E-state index contributed by atoms with van der Waals surface area (Å²) in [6.45, 7) is 6.38. The second kappa shape index (κ2) is 11.0. The molecule has 8 nitrogen and oxygen atoms in total. The molecule has 3 N–H and O–H groups in total. The highest BCUT2D eigenvalue weighted by molar-refractivity contribution is 7.93. The van der Waals surface area contributed by atoms with Crippen LogP contribution in [0.3, 0.4) is 0 Å². The van der Waals surface area contributed by atoms with Gasteiger partial charge in [-0.25, -0.2) is 8.42 Å². The molecule has 2 unspecified atom stereocenters. The van der Waals surface area contributed by atoms with Crippen molar-refractivity contribution in [1.82, 2.24) is 9.21 Å². The number of alkyl halides is 3. The second-order valence-electron chi connectivity index (χ2n) is 9.04. The summed E-state index contributed by atoms with van der Waals surface area (Å²) in [5.74, 6) is -0.567. The first-order valence-electron chi connectivity index (χ1n) is 11.0. The van der Waals surface area contributed by atoms with Gasteiger partial charge < -0.3 is 5.73 Å². The average Bonchev–Trinajstić information content (AvgIpc) is 2.70. The number of halogens is 3. The lowest BCUT2D eigenvalue weighted by Crippen LogP contribution is -2.48. The molecule has 2 atom stereocenters. The Kier molecular flexibility index (Phi) is 9.11. The number of allylic oxidation sites excluding steroid dienone is 2. The molecule has 0 bridgehead atoms. The Morgan fingerprint density at radius 1 is 1.30 bits per heavy atom. The topological polar surface area (TPSA) is 117 Å².